The first-order valence-corrected chi connectivity index (χ1v) is 7.33. The van der Waals surface area contributed by atoms with E-state index in [2.05, 4.69) is 29.1 Å². The Bertz CT molecular complexity index is 323. The average Bonchev–Trinajstić information content (AvgIpc) is 2.38. The van der Waals surface area contributed by atoms with Crippen LogP contribution >= 0.6 is 11.8 Å². The fraction of sp³-hybridized carbons (Fsp3) is 0.692. The molecule has 1 N–H and O–H groups in total. The number of hydrogen-bond acceptors (Lipinski definition) is 4. The van der Waals surface area contributed by atoms with E-state index in [1.165, 1.54) is 12.8 Å². The van der Waals surface area contributed by atoms with E-state index in [4.69, 9.17) is 0 Å². The van der Waals surface area contributed by atoms with E-state index in [1.54, 1.807) is 6.20 Å². The highest BCUT2D eigenvalue weighted by Gasteiger charge is 2.27. The van der Waals surface area contributed by atoms with E-state index in [1.807, 2.05) is 24.2 Å². The van der Waals surface area contributed by atoms with E-state index in [0.717, 1.165) is 24.7 Å². The zero-order valence-corrected chi connectivity index (χ0v) is 11.4. The van der Waals surface area contributed by atoms with Crippen LogP contribution in [0.1, 0.15) is 37.6 Å². The predicted octanol–water partition coefficient (Wildman–Crippen LogP) is 2.66. The van der Waals surface area contributed by atoms with Gasteiger partial charge in [0.2, 0.25) is 0 Å². The topological polar surface area (TPSA) is 37.8 Å². The second-order valence-electron chi connectivity index (χ2n) is 4.82. The lowest BCUT2D eigenvalue weighted by Crippen LogP contribution is -2.30. The molecule has 1 aromatic heterocycles. The van der Waals surface area contributed by atoms with Crippen LogP contribution in [-0.2, 0) is 0 Å². The Kier molecular flexibility index (Phi) is 4.80. The third-order valence-electron chi connectivity index (χ3n) is 3.11. The van der Waals surface area contributed by atoms with Gasteiger partial charge in [-0.15, -0.1) is 11.8 Å². The Labute approximate surface area is 108 Å². The zero-order chi connectivity index (χ0) is 12.1. The van der Waals surface area contributed by atoms with E-state index in [-0.39, 0.29) is 0 Å². The third kappa shape index (κ3) is 3.68. The van der Waals surface area contributed by atoms with Crippen molar-refractivity contribution < 1.29 is 0 Å². The van der Waals surface area contributed by atoms with Gasteiger partial charge in [0, 0.05) is 18.6 Å². The molecule has 94 valence electrons. The molecule has 1 atom stereocenters. The summed E-state index contributed by atoms with van der Waals surface area (Å²) in [5.74, 6) is 0.736. The van der Waals surface area contributed by atoms with Gasteiger partial charge in [-0.25, -0.2) is 0 Å². The molecule has 0 bridgehead atoms. The van der Waals surface area contributed by atoms with Gasteiger partial charge in [0.05, 0.1) is 10.9 Å². The van der Waals surface area contributed by atoms with Crippen LogP contribution in [0.25, 0.3) is 0 Å². The first-order valence-electron chi connectivity index (χ1n) is 6.39. The SMILES string of the molecule is CC(C)SC(c1cnccn1)C1CCNCC1. The Morgan fingerprint density at radius 1 is 1.29 bits per heavy atom. The normalized spacial score (nSPS) is 19.5. The Morgan fingerprint density at radius 3 is 2.65 bits per heavy atom. The van der Waals surface area contributed by atoms with Gasteiger partial charge >= 0.3 is 0 Å². The smallest absolute Gasteiger partial charge is 0.0719 e. The molecule has 1 aliphatic heterocycles. The highest BCUT2D eigenvalue weighted by molar-refractivity contribution is 8.00. The van der Waals surface area contributed by atoms with Gasteiger partial charge in [-0.3, -0.25) is 9.97 Å². The van der Waals surface area contributed by atoms with Gasteiger partial charge in [0.1, 0.15) is 0 Å². The molecule has 2 heterocycles. The molecule has 1 aliphatic rings. The highest BCUT2D eigenvalue weighted by atomic mass is 32.2. The fourth-order valence-electron chi connectivity index (χ4n) is 2.32. The molecule has 17 heavy (non-hydrogen) atoms. The maximum atomic E-state index is 4.50. The van der Waals surface area contributed by atoms with Crippen molar-refractivity contribution in [1.29, 1.82) is 0 Å². The molecule has 1 saturated heterocycles. The van der Waals surface area contributed by atoms with Crippen LogP contribution in [0.4, 0.5) is 0 Å². The maximum Gasteiger partial charge on any atom is 0.0719 e. The predicted molar refractivity (Wildman–Crippen MR) is 73.1 cm³/mol. The lowest BCUT2D eigenvalue weighted by atomic mass is 9.93. The fourth-order valence-corrected chi connectivity index (χ4v) is 3.66. The summed E-state index contributed by atoms with van der Waals surface area (Å²) in [7, 11) is 0. The summed E-state index contributed by atoms with van der Waals surface area (Å²) in [4.78, 5) is 8.72. The average molecular weight is 251 g/mol. The molecule has 1 unspecified atom stereocenters. The zero-order valence-electron chi connectivity index (χ0n) is 10.6. The van der Waals surface area contributed by atoms with Gasteiger partial charge in [0.25, 0.3) is 0 Å². The van der Waals surface area contributed by atoms with Crippen molar-refractivity contribution in [3.05, 3.63) is 24.3 Å². The molecule has 2 rings (SSSR count). The molecule has 4 heteroatoms. The van der Waals surface area contributed by atoms with Crippen LogP contribution in [0, 0.1) is 5.92 Å². The van der Waals surface area contributed by atoms with Gasteiger partial charge in [-0.1, -0.05) is 13.8 Å². The van der Waals surface area contributed by atoms with E-state index < -0.39 is 0 Å². The van der Waals surface area contributed by atoms with Crippen molar-refractivity contribution >= 4 is 11.8 Å². The van der Waals surface area contributed by atoms with Gasteiger partial charge in [-0.05, 0) is 37.1 Å². The molecule has 0 amide bonds. The summed E-state index contributed by atoms with van der Waals surface area (Å²) in [6, 6.07) is 0. The second-order valence-corrected chi connectivity index (χ2v) is 6.55. The minimum absolute atomic E-state index is 0.505. The summed E-state index contributed by atoms with van der Waals surface area (Å²) in [5.41, 5.74) is 1.15. The molecule has 0 spiro atoms. The standard InChI is InChI=1S/C13H21N3S/c1-10(2)17-13(11-3-5-14-6-4-11)12-9-15-7-8-16-12/h7-11,13-14H,3-6H2,1-2H3. The van der Waals surface area contributed by atoms with Crippen molar-refractivity contribution in [2.45, 2.75) is 37.2 Å². The molecule has 0 saturated carbocycles. The molecule has 3 nitrogen and oxygen atoms in total. The monoisotopic (exact) mass is 251 g/mol. The van der Waals surface area contributed by atoms with Crippen LogP contribution in [0.3, 0.4) is 0 Å². The van der Waals surface area contributed by atoms with E-state index in [0.29, 0.717) is 10.5 Å². The van der Waals surface area contributed by atoms with Gasteiger partial charge in [-0.2, -0.15) is 0 Å². The minimum atomic E-state index is 0.505. The Balaban J connectivity index is 2.12. The number of hydrogen-bond donors (Lipinski definition) is 1. The number of rotatable bonds is 4. The van der Waals surface area contributed by atoms with Crippen molar-refractivity contribution in [3.63, 3.8) is 0 Å². The molecule has 1 fully saturated rings. The van der Waals surface area contributed by atoms with Crippen molar-refractivity contribution in [2.75, 3.05) is 13.1 Å². The van der Waals surface area contributed by atoms with Crippen LogP contribution < -0.4 is 5.32 Å². The summed E-state index contributed by atoms with van der Waals surface area (Å²) >= 11 is 2.03. The largest absolute Gasteiger partial charge is 0.317 e. The molecular formula is C13H21N3S. The second kappa shape index (κ2) is 6.36. The number of nitrogens with one attached hydrogen (secondary N) is 1. The lowest BCUT2D eigenvalue weighted by Gasteiger charge is -2.30. The number of aromatic nitrogens is 2. The highest BCUT2D eigenvalue weighted by Crippen LogP contribution is 2.40. The van der Waals surface area contributed by atoms with Gasteiger partial charge in [0.15, 0.2) is 0 Å². The minimum Gasteiger partial charge on any atom is -0.317 e. The Hall–Kier alpha value is -0.610. The molecular weight excluding hydrogens is 230 g/mol. The van der Waals surface area contributed by atoms with Crippen LogP contribution in [0.2, 0.25) is 0 Å². The van der Waals surface area contributed by atoms with Crippen LogP contribution in [0.15, 0.2) is 18.6 Å². The molecule has 0 aromatic carbocycles. The van der Waals surface area contributed by atoms with Crippen molar-refractivity contribution in [2.24, 2.45) is 5.92 Å². The van der Waals surface area contributed by atoms with Crippen molar-refractivity contribution in [1.82, 2.24) is 15.3 Å². The molecule has 0 aliphatic carbocycles. The van der Waals surface area contributed by atoms with Gasteiger partial charge < -0.3 is 5.32 Å². The maximum absolute atomic E-state index is 4.50. The van der Waals surface area contributed by atoms with E-state index >= 15 is 0 Å². The van der Waals surface area contributed by atoms with E-state index in [9.17, 15) is 0 Å². The van der Waals surface area contributed by atoms with Crippen molar-refractivity contribution in [3.8, 4) is 0 Å². The third-order valence-corrected chi connectivity index (χ3v) is 4.57. The number of piperidine rings is 1. The first-order chi connectivity index (χ1) is 8.27. The van der Waals surface area contributed by atoms with Crippen LogP contribution in [0.5, 0.6) is 0 Å². The lowest BCUT2D eigenvalue weighted by molar-refractivity contribution is 0.364. The first kappa shape index (κ1) is 12.8. The molecule has 1 aromatic rings. The number of nitrogens with zero attached hydrogens (tertiary/aromatic N) is 2. The summed E-state index contributed by atoms with van der Waals surface area (Å²) in [5, 5.41) is 4.57. The molecule has 0 radical (unpaired) electrons. The number of thioether (sulfide) groups is 1. The summed E-state index contributed by atoms with van der Waals surface area (Å²) < 4.78 is 0. The van der Waals surface area contributed by atoms with Crippen LogP contribution in [-0.4, -0.2) is 28.3 Å². The Morgan fingerprint density at radius 2 is 2.06 bits per heavy atom. The summed E-state index contributed by atoms with van der Waals surface area (Å²) in [6.45, 7) is 6.80. The summed E-state index contributed by atoms with van der Waals surface area (Å²) in [6.07, 6.45) is 8.00. The quantitative estimate of drug-likeness (QED) is 0.893.